The normalized spacial score (nSPS) is 12.5. The van der Waals surface area contributed by atoms with Crippen LogP contribution in [-0.2, 0) is 9.47 Å². The Balaban J connectivity index is 2.24. The first-order chi connectivity index (χ1) is 14.0. The molecule has 0 saturated carbocycles. The predicted octanol–water partition coefficient (Wildman–Crippen LogP) is 3.35. The number of aromatic hydroxyl groups is 1. The van der Waals surface area contributed by atoms with Crippen molar-refractivity contribution in [3.05, 3.63) is 53.6 Å². The van der Waals surface area contributed by atoms with Crippen molar-refractivity contribution in [1.29, 1.82) is 5.26 Å². The minimum Gasteiger partial charge on any atom is -0.504 e. The van der Waals surface area contributed by atoms with Crippen LogP contribution in [0.5, 0.6) is 11.5 Å². The molecule has 3 N–H and O–H groups in total. The second-order valence-electron chi connectivity index (χ2n) is 6.08. The van der Waals surface area contributed by atoms with Crippen molar-refractivity contribution < 1.29 is 29.2 Å². The van der Waals surface area contributed by atoms with Crippen LogP contribution < -0.4 is 10.1 Å². The zero-order valence-corrected chi connectivity index (χ0v) is 16.3. The number of methoxy groups -OCH3 is 1. The Morgan fingerprint density at radius 3 is 2.52 bits per heavy atom. The second kappa shape index (κ2) is 10.9. The molecule has 0 aliphatic rings. The van der Waals surface area contributed by atoms with Crippen LogP contribution in [-0.4, -0.2) is 42.7 Å². The summed E-state index contributed by atoms with van der Waals surface area (Å²) in [6, 6.07) is 13.0. The molecule has 0 unspecified atom stereocenters. The first-order valence-electron chi connectivity index (χ1n) is 9.09. The van der Waals surface area contributed by atoms with E-state index >= 15 is 0 Å². The maximum Gasteiger partial charge on any atom is 0.412 e. The van der Waals surface area contributed by atoms with Gasteiger partial charge in [-0.25, -0.2) is 4.79 Å². The zero-order chi connectivity index (χ0) is 21.2. The van der Waals surface area contributed by atoms with E-state index in [9.17, 15) is 15.0 Å². The molecule has 29 heavy (non-hydrogen) atoms. The number of benzene rings is 2. The molecule has 2 atom stereocenters. The van der Waals surface area contributed by atoms with Crippen molar-refractivity contribution in [1.82, 2.24) is 0 Å². The molecule has 2 aromatic carbocycles. The number of amides is 1. The Morgan fingerprint density at radius 1 is 1.24 bits per heavy atom. The highest BCUT2D eigenvalue weighted by molar-refractivity contribution is 5.84. The third kappa shape index (κ3) is 6.10. The molecule has 0 fully saturated rings. The highest BCUT2D eigenvalue weighted by atomic mass is 16.6. The molecule has 0 radical (unpaired) electrons. The molecule has 8 nitrogen and oxygen atoms in total. The summed E-state index contributed by atoms with van der Waals surface area (Å²) in [5.74, 6) is 0.176. The average molecular weight is 400 g/mol. The van der Waals surface area contributed by atoms with Gasteiger partial charge >= 0.3 is 6.09 Å². The van der Waals surface area contributed by atoms with E-state index < -0.39 is 18.3 Å². The van der Waals surface area contributed by atoms with Gasteiger partial charge in [0, 0.05) is 25.3 Å². The van der Waals surface area contributed by atoms with E-state index in [4.69, 9.17) is 19.5 Å². The summed E-state index contributed by atoms with van der Waals surface area (Å²) in [4.78, 5) is 12.5. The fourth-order valence-corrected chi connectivity index (χ4v) is 2.80. The Labute approximate surface area is 169 Å². The quantitative estimate of drug-likeness (QED) is 0.590. The van der Waals surface area contributed by atoms with Gasteiger partial charge in [0.25, 0.3) is 0 Å². The molecule has 0 heterocycles. The SMILES string of the molecule is CCO[C@H](CCO)[C@H](OC(=O)Nc1ccc(C#N)cc1)c1ccc(OC)c(O)c1. The van der Waals surface area contributed by atoms with Crippen LogP contribution in [0.1, 0.15) is 30.6 Å². The number of hydrogen-bond donors (Lipinski definition) is 3. The lowest BCUT2D eigenvalue weighted by Gasteiger charge is -2.27. The summed E-state index contributed by atoms with van der Waals surface area (Å²) in [7, 11) is 1.43. The molecule has 0 aliphatic heterocycles. The topological polar surface area (TPSA) is 121 Å². The number of rotatable bonds is 9. The minimum absolute atomic E-state index is 0.106. The van der Waals surface area contributed by atoms with Crippen molar-refractivity contribution in [2.24, 2.45) is 0 Å². The molecule has 0 saturated heterocycles. The van der Waals surface area contributed by atoms with Crippen LogP contribution in [0.2, 0.25) is 0 Å². The predicted molar refractivity (Wildman–Crippen MR) is 106 cm³/mol. The van der Waals surface area contributed by atoms with Crippen LogP contribution in [0.15, 0.2) is 42.5 Å². The van der Waals surface area contributed by atoms with Gasteiger partial charge in [0.15, 0.2) is 17.6 Å². The number of nitrogens with one attached hydrogen (secondary N) is 1. The number of carbonyl (C=O) groups excluding carboxylic acids is 1. The number of aliphatic hydroxyl groups is 1. The number of hydrogen-bond acceptors (Lipinski definition) is 7. The second-order valence-corrected chi connectivity index (χ2v) is 6.08. The van der Waals surface area contributed by atoms with Gasteiger partial charge in [-0.05, 0) is 48.9 Å². The molecular weight excluding hydrogens is 376 g/mol. The third-order valence-electron chi connectivity index (χ3n) is 4.16. The van der Waals surface area contributed by atoms with E-state index in [-0.39, 0.29) is 24.5 Å². The monoisotopic (exact) mass is 400 g/mol. The van der Waals surface area contributed by atoms with E-state index in [2.05, 4.69) is 5.32 Å². The number of ether oxygens (including phenoxy) is 3. The molecule has 1 amide bonds. The summed E-state index contributed by atoms with van der Waals surface area (Å²) in [5, 5.41) is 30.9. The van der Waals surface area contributed by atoms with Crippen molar-refractivity contribution in [2.45, 2.75) is 25.6 Å². The van der Waals surface area contributed by atoms with Crippen LogP contribution >= 0.6 is 0 Å². The van der Waals surface area contributed by atoms with Crippen LogP contribution in [0.3, 0.4) is 0 Å². The van der Waals surface area contributed by atoms with E-state index in [1.807, 2.05) is 6.07 Å². The van der Waals surface area contributed by atoms with Crippen LogP contribution in [0.25, 0.3) is 0 Å². The van der Waals surface area contributed by atoms with E-state index in [1.54, 1.807) is 43.3 Å². The largest absolute Gasteiger partial charge is 0.504 e. The Kier molecular flexibility index (Phi) is 8.27. The van der Waals surface area contributed by atoms with Crippen molar-refractivity contribution in [2.75, 3.05) is 25.6 Å². The van der Waals surface area contributed by atoms with Gasteiger partial charge in [0.1, 0.15) is 6.10 Å². The molecule has 8 heteroatoms. The summed E-state index contributed by atoms with van der Waals surface area (Å²) in [6.07, 6.45) is -2.01. The number of carbonyl (C=O) groups is 1. The molecule has 2 aromatic rings. The Morgan fingerprint density at radius 2 is 1.97 bits per heavy atom. The molecule has 0 aromatic heterocycles. The molecule has 0 bridgehead atoms. The van der Waals surface area contributed by atoms with E-state index in [0.717, 1.165) is 0 Å². The summed E-state index contributed by atoms with van der Waals surface area (Å²) >= 11 is 0. The first-order valence-corrected chi connectivity index (χ1v) is 9.09. The Hall–Kier alpha value is -3.28. The van der Waals surface area contributed by atoms with Gasteiger partial charge in [-0.3, -0.25) is 5.32 Å². The molecule has 0 spiro atoms. The van der Waals surface area contributed by atoms with Gasteiger partial charge < -0.3 is 24.4 Å². The summed E-state index contributed by atoms with van der Waals surface area (Å²) < 4.78 is 16.3. The number of nitriles is 1. The number of anilines is 1. The molecule has 2 rings (SSSR count). The van der Waals surface area contributed by atoms with Gasteiger partial charge in [-0.2, -0.15) is 5.26 Å². The maximum absolute atomic E-state index is 12.5. The summed E-state index contributed by atoms with van der Waals surface area (Å²) in [6.45, 7) is 1.98. The van der Waals surface area contributed by atoms with Gasteiger partial charge in [-0.1, -0.05) is 6.07 Å². The van der Waals surface area contributed by atoms with Crippen LogP contribution in [0, 0.1) is 11.3 Å². The summed E-state index contributed by atoms with van der Waals surface area (Å²) in [5.41, 5.74) is 1.42. The number of nitrogens with zero attached hydrogens (tertiary/aromatic N) is 1. The lowest BCUT2D eigenvalue weighted by molar-refractivity contribution is -0.0484. The number of phenolic OH excluding ortho intramolecular Hbond substituents is 1. The fraction of sp³-hybridized carbons (Fsp3) is 0.333. The third-order valence-corrected chi connectivity index (χ3v) is 4.16. The molecule has 0 aliphatic carbocycles. The zero-order valence-electron chi connectivity index (χ0n) is 16.3. The highest BCUT2D eigenvalue weighted by Gasteiger charge is 2.28. The van der Waals surface area contributed by atoms with Gasteiger partial charge in [0.2, 0.25) is 0 Å². The van der Waals surface area contributed by atoms with Crippen molar-refractivity contribution in [3.8, 4) is 17.6 Å². The minimum atomic E-state index is -0.878. The molecular formula is C21H24N2O6. The average Bonchev–Trinajstić information content (AvgIpc) is 2.72. The van der Waals surface area contributed by atoms with Gasteiger partial charge in [-0.15, -0.1) is 0 Å². The number of phenols is 1. The van der Waals surface area contributed by atoms with Crippen molar-refractivity contribution in [3.63, 3.8) is 0 Å². The smallest absolute Gasteiger partial charge is 0.412 e. The van der Waals surface area contributed by atoms with Gasteiger partial charge in [0.05, 0.1) is 18.7 Å². The van der Waals surface area contributed by atoms with Crippen molar-refractivity contribution >= 4 is 11.8 Å². The first kappa shape index (κ1) is 22.0. The Bertz CT molecular complexity index is 841. The lowest BCUT2D eigenvalue weighted by Crippen LogP contribution is -2.29. The standard InChI is InChI=1S/C21H24N2O6/c1-3-28-19(10-11-24)20(15-6-9-18(27-2)17(25)12-15)29-21(26)23-16-7-4-14(13-22)5-8-16/h4-9,12,19-20,24-25H,3,10-11H2,1-2H3,(H,23,26)/t19-,20-/m1/s1. The highest BCUT2D eigenvalue weighted by Crippen LogP contribution is 2.33. The molecule has 154 valence electrons. The lowest BCUT2D eigenvalue weighted by atomic mass is 10.0. The maximum atomic E-state index is 12.5. The van der Waals surface area contributed by atoms with E-state index in [1.165, 1.54) is 13.2 Å². The fourth-order valence-electron chi connectivity index (χ4n) is 2.80. The number of aliphatic hydroxyl groups excluding tert-OH is 1. The van der Waals surface area contributed by atoms with Crippen LogP contribution in [0.4, 0.5) is 10.5 Å². The van der Waals surface area contributed by atoms with E-state index in [0.29, 0.717) is 23.4 Å².